The van der Waals surface area contributed by atoms with Crippen molar-refractivity contribution in [3.05, 3.63) is 29.8 Å². The Labute approximate surface area is 108 Å². The van der Waals surface area contributed by atoms with Crippen LogP contribution in [0.1, 0.15) is 30.9 Å². The zero-order valence-corrected chi connectivity index (χ0v) is 10.7. The van der Waals surface area contributed by atoms with Crippen molar-refractivity contribution in [1.82, 2.24) is 10.6 Å². The minimum atomic E-state index is 0.0769. The molecule has 2 N–H and O–H groups in total. The lowest BCUT2D eigenvalue weighted by Crippen LogP contribution is -2.30. The second-order valence-electron chi connectivity index (χ2n) is 4.50. The van der Waals surface area contributed by atoms with E-state index in [0.717, 1.165) is 30.8 Å². The van der Waals surface area contributed by atoms with Gasteiger partial charge >= 0.3 is 0 Å². The molecule has 0 aliphatic carbocycles. The Balaban J connectivity index is 2.06. The third-order valence-corrected chi connectivity index (χ3v) is 3.13. The first kappa shape index (κ1) is 12.9. The van der Waals surface area contributed by atoms with E-state index in [1.807, 2.05) is 31.3 Å². The number of ether oxygens (including phenoxy) is 1. The Morgan fingerprint density at radius 1 is 1.44 bits per heavy atom. The summed E-state index contributed by atoms with van der Waals surface area (Å²) in [4.78, 5) is 11.8. The highest BCUT2D eigenvalue weighted by atomic mass is 16.5. The Kier molecular flexibility index (Phi) is 4.59. The fourth-order valence-corrected chi connectivity index (χ4v) is 2.18. The smallest absolute Gasteiger partial charge is 0.221 e. The fraction of sp³-hybridized carbons (Fsp3) is 0.500. The average molecular weight is 248 g/mol. The summed E-state index contributed by atoms with van der Waals surface area (Å²) in [5, 5.41) is 6.07. The maximum Gasteiger partial charge on any atom is 0.221 e. The molecule has 18 heavy (non-hydrogen) atoms. The zero-order chi connectivity index (χ0) is 12.8. The van der Waals surface area contributed by atoms with Gasteiger partial charge in [-0.1, -0.05) is 18.2 Å². The molecule has 4 heteroatoms. The minimum Gasteiger partial charge on any atom is -0.493 e. The normalized spacial score (nSPS) is 18.4. The first-order valence-corrected chi connectivity index (χ1v) is 6.47. The number of carbonyl (C=O) groups is 1. The van der Waals surface area contributed by atoms with Gasteiger partial charge in [0.05, 0.1) is 12.6 Å². The van der Waals surface area contributed by atoms with E-state index in [9.17, 15) is 4.79 Å². The SMILES string of the molecule is CNCCC(=O)NC1CCCOc2ccccc21. The van der Waals surface area contributed by atoms with Gasteiger partial charge in [0.15, 0.2) is 0 Å². The Bertz CT molecular complexity index is 407. The molecular formula is C14H20N2O2. The molecule has 1 aliphatic rings. The molecule has 4 nitrogen and oxygen atoms in total. The van der Waals surface area contributed by atoms with E-state index in [4.69, 9.17) is 4.74 Å². The minimum absolute atomic E-state index is 0.0769. The van der Waals surface area contributed by atoms with Gasteiger partial charge in [0.2, 0.25) is 5.91 Å². The van der Waals surface area contributed by atoms with Crippen molar-refractivity contribution in [2.24, 2.45) is 0 Å². The van der Waals surface area contributed by atoms with Crippen LogP contribution < -0.4 is 15.4 Å². The molecule has 2 rings (SSSR count). The lowest BCUT2D eigenvalue weighted by Gasteiger charge is -2.18. The predicted octanol–water partition coefficient (Wildman–Crippen LogP) is 1.63. The van der Waals surface area contributed by atoms with Crippen LogP contribution in [-0.2, 0) is 4.79 Å². The third-order valence-electron chi connectivity index (χ3n) is 3.13. The van der Waals surface area contributed by atoms with Gasteiger partial charge in [0.1, 0.15) is 5.75 Å². The number of para-hydroxylation sites is 1. The summed E-state index contributed by atoms with van der Waals surface area (Å²) in [5.74, 6) is 0.986. The number of amides is 1. The number of benzene rings is 1. The molecule has 0 saturated carbocycles. The average Bonchev–Trinajstić information content (AvgIpc) is 2.59. The molecule has 0 aromatic heterocycles. The molecule has 1 unspecified atom stereocenters. The molecule has 1 aliphatic heterocycles. The van der Waals surface area contributed by atoms with Gasteiger partial charge in [-0.25, -0.2) is 0 Å². The molecule has 0 spiro atoms. The van der Waals surface area contributed by atoms with Crippen LogP contribution in [0.4, 0.5) is 0 Å². The lowest BCUT2D eigenvalue weighted by molar-refractivity contribution is -0.121. The van der Waals surface area contributed by atoms with Gasteiger partial charge in [-0.2, -0.15) is 0 Å². The molecule has 1 aromatic carbocycles. The van der Waals surface area contributed by atoms with E-state index in [2.05, 4.69) is 10.6 Å². The maximum atomic E-state index is 11.8. The zero-order valence-electron chi connectivity index (χ0n) is 10.7. The van der Waals surface area contributed by atoms with E-state index >= 15 is 0 Å². The fourth-order valence-electron chi connectivity index (χ4n) is 2.18. The summed E-state index contributed by atoms with van der Waals surface area (Å²) < 4.78 is 5.68. The summed E-state index contributed by atoms with van der Waals surface area (Å²) in [6, 6.07) is 8.02. The van der Waals surface area contributed by atoms with Crippen LogP contribution in [0.25, 0.3) is 0 Å². The van der Waals surface area contributed by atoms with Crippen molar-refractivity contribution in [2.45, 2.75) is 25.3 Å². The highest BCUT2D eigenvalue weighted by molar-refractivity contribution is 5.76. The van der Waals surface area contributed by atoms with Crippen LogP contribution in [0.3, 0.4) is 0 Å². The second kappa shape index (κ2) is 6.40. The van der Waals surface area contributed by atoms with Crippen LogP contribution in [0.15, 0.2) is 24.3 Å². The molecular weight excluding hydrogens is 228 g/mol. The van der Waals surface area contributed by atoms with Crippen LogP contribution in [-0.4, -0.2) is 26.1 Å². The maximum absolute atomic E-state index is 11.8. The lowest BCUT2D eigenvalue weighted by atomic mass is 10.0. The summed E-state index contributed by atoms with van der Waals surface area (Å²) >= 11 is 0. The summed E-state index contributed by atoms with van der Waals surface area (Å²) in [6.45, 7) is 1.43. The van der Waals surface area contributed by atoms with Gasteiger partial charge < -0.3 is 15.4 Å². The van der Waals surface area contributed by atoms with Crippen LogP contribution in [0, 0.1) is 0 Å². The predicted molar refractivity (Wildman–Crippen MR) is 70.6 cm³/mol. The van der Waals surface area contributed by atoms with Gasteiger partial charge in [0, 0.05) is 18.5 Å². The number of nitrogens with one attached hydrogen (secondary N) is 2. The van der Waals surface area contributed by atoms with Gasteiger partial charge in [0.25, 0.3) is 0 Å². The first-order valence-electron chi connectivity index (χ1n) is 6.47. The number of hydrogen-bond acceptors (Lipinski definition) is 3. The molecule has 98 valence electrons. The van der Waals surface area contributed by atoms with Crippen molar-refractivity contribution in [3.8, 4) is 5.75 Å². The van der Waals surface area contributed by atoms with Crippen LogP contribution in [0.5, 0.6) is 5.75 Å². The largest absolute Gasteiger partial charge is 0.493 e. The Morgan fingerprint density at radius 2 is 2.28 bits per heavy atom. The number of hydrogen-bond donors (Lipinski definition) is 2. The van der Waals surface area contributed by atoms with E-state index < -0.39 is 0 Å². The molecule has 1 amide bonds. The van der Waals surface area contributed by atoms with Crippen molar-refractivity contribution < 1.29 is 9.53 Å². The van der Waals surface area contributed by atoms with Crippen molar-refractivity contribution in [2.75, 3.05) is 20.2 Å². The van der Waals surface area contributed by atoms with E-state index in [-0.39, 0.29) is 11.9 Å². The highest BCUT2D eigenvalue weighted by Crippen LogP contribution is 2.30. The topological polar surface area (TPSA) is 50.4 Å². The Hall–Kier alpha value is -1.55. The molecule has 1 atom stereocenters. The van der Waals surface area contributed by atoms with Crippen molar-refractivity contribution in [3.63, 3.8) is 0 Å². The van der Waals surface area contributed by atoms with Gasteiger partial charge in [-0.05, 0) is 26.0 Å². The number of fused-ring (bicyclic) bond motifs is 1. The van der Waals surface area contributed by atoms with Crippen LogP contribution >= 0.6 is 0 Å². The first-order chi connectivity index (χ1) is 8.81. The molecule has 0 bridgehead atoms. The number of carbonyl (C=O) groups excluding carboxylic acids is 1. The van der Waals surface area contributed by atoms with E-state index in [1.54, 1.807) is 0 Å². The Morgan fingerprint density at radius 3 is 3.11 bits per heavy atom. The monoisotopic (exact) mass is 248 g/mol. The van der Waals surface area contributed by atoms with Gasteiger partial charge in [-0.15, -0.1) is 0 Å². The molecule has 1 aromatic rings. The van der Waals surface area contributed by atoms with Gasteiger partial charge in [-0.3, -0.25) is 4.79 Å². The molecule has 0 radical (unpaired) electrons. The summed E-state index contributed by atoms with van der Waals surface area (Å²) in [7, 11) is 1.85. The third kappa shape index (κ3) is 3.23. The van der Waals surface area contributed by atoms with Crippen molar-refractivity contribution >= 4 is 5.91 Å². The van der Waals surface area contributed by atoms with Crippen molar-refractivity contribution in [1.29, 1.82) is 0 Å². The quantitative estimate of drug-likeness (QED) is 0.851. The summed E-state index contributed by atoms with van der Waals surface area (Å²) in [5.41, 5.74) is 1.09. The highest BCUT2D eigenvalue weighted by Gasteiger charge is 2.20. The molecule has 1 heterocycles. The molecule has 0 saturated heterocycles. The molecule has 0 fully saturated rings. The van der Waals surface area contributed by atoms with E-state index in [0.29, 0.717) is 13.0 Å². The summed E-state index contributed by atoms with van der Waals surface area (Å²) in [6.07, 6.45) is 2.41. The standard InChI is InChI=1S/C14H20N2O2/c1-15-9-8-14(17)16-12-6-4-10-18-13-7-3-2-5-11(12)13/h2-3,5,7,12,15H,4,6,8-10H2,1H3,(H,16,17). The number of rotatable bonds is 4. The van der Waals surface area contributed by atoms with Crippen LogP contribution in [0.2, 0.25) is 0 Å². The van der Waals surface area contributed by atoms with E-state index in [1.165, 1.54) is 0 Å². The second-order valence-corrected chi connectivity index (χ2v) is 4.50.